The zero-order chi connectivity index (χ0) is 28.2. The van der Waals surface area contributed by atoms with E-state index in [2.05, 4.69) is 32.3 Å². The number of aromatic nitrogens is 5. The van der Waals surface area contributed by atoms with Crippen LogP contribution in [0.1, 0.15) is 38.7 Å². The second-order valence-electron chi connectivity index (χ2n) is 10.1. The number of phenols is 1. The number of aromatic amines is 1. The van der Waals surface area contributed by atoms with E-state index in [9.17, 15) is 14.7 Å². The Hall–Kier alpha value is -5.02. The molecule has 10 heteroatoms. The average molecular weight is 563 g/mol. The summed E-state index contributed by atoms with van der Waals surface area (Å²) >= 11 is 6.15. The van der Waals surface area contributed by atoms with Crippen LogP contribution >= 0.6 is 11.6 Å². The lowest BCUT2D eigenvalue weighted by atomic mass is 9.88. The van der Waals surface area contributed by atoms with Crippen LogP contribution in [0.2, 0.25) is 5.02 Å². The van der Waals surface area contributed by atoms with E-state index in [1.165, 1.54) is 11.6 Å². The number of fused-ring (bicyclic) bond motifs is 4. The molecule has 1 unspecified atom stereocenters. The van der Waals surface area contributed by atoms with Gasteiger partial charge in [0.05, 0.1) is 22.1 Å². The Morgan fingerprint density at radius 3 is 2.66 bits per heavy atom. The van der Waals surface area contributed by atoms with Gasteiger partial charge < -0.3 is 15.0 Å². The van der Waals surface area contributed by atoms with Crippen LogP contribution in [0.4, 0.5) is 0 Å². The molecule has 202 valence electrons. The number of hydrogen-bond acceptors (Lipinski definition) is 6. The van der Waals surface area contributed by atoms with Crippen LogP contribution in [0.3, 0.4) is 0 Å². The standard InChI is InChI=1S/C31H23ClN6O3/c1-17-14-25-24(34-30(40)29-36-35-28(38(25)29)20-6-7-26(39)23(32)15-20)16-22(17)31(41)37-13-10-18-4-2-3-5-21(18)27(37)19-8-11-33-12-9-19/h2-9,11-12,14-16,27,39H,10,13H2,1H3,(H,34,40). The first kappa shape index (κ1) is 25.0. The van der Waals surface area contributed by atoms with E-state index in [-0.39, 0.29) is 28.4 Å². The summed E-state index contributed by atoms with van der Waals surface area (Å²) in [7, 11) is 0. The van der Waals surface area contributed by atoms with E-state index < -0.39 is 5.56 Å². The van der Waals surface area contributed by atoms with Gasteiger partial charge in [0.1, 0.15) is 5.75 Å². The fourth-order valence-corrected chi connectivity index (χ4v) is 5.90. The zero-order valence-electron chi connectivity index (χ0n) is 21.9. The molecule has 1 atom stereocenters. The van der Waals surface area contributed by atoms with Gasteiger partial charge in [0.15, 0.2) is 5.82 Å². The fourth-order valence-electron chi connectivity index (χ4n) is 5.72. The monoisotopic (exact) mass is 562 g/mol. The third-order valence-electron chi connectivity index (χ3n) is 7.70. The van der Waals surface area contributed by atoms with Crippen molar-refractivity contribution >= 4 is 34.2 Å². The molecule has 0 radical (unpaired) electrons. The van der Waals surface area contributed by atoms with Gasteiger partial charge in [-0.15, -0.1) is 10.2 Å². The Kier molecular flexibility index (Phi) is 5.83. The number of hydrogen-bond donors (Lipinski definition) is 2. The van der Waals surface area contributed by atoms with Gasteiger partial charge in [-0.05, 0) is 78.1 Å². The molecule has 1 aliphatic rings. The number of phenolic OH excluding ortho intramolecular Hbond substituents is 1. The van der Waals surface area contributed by atoms with Gasteiger partial charge in [-0.2, -0.15) is 0 Å². The maximum atomic E-state index is 14.3. The fraction of sp³-hybridized carbons (Fsp3) is 0.129. The van der Waals surface area contributed by atoms with E-state index in [1.807, 2.05) is 42.2 Å². The smallest absolute Gasteiger partial charge is 0.294 e. The summed E-state index contributed by atoms with van der Waals surface area (Å²) in [6.45, 7) is 2.43. The van der Waals surface area contributed by atoms with E-state index in [0.29, 0.717) is 34.5 Å². The molecule has 9 nitrogen and oxygen atoms in total. The van der Waals surface area contributed by atoms with Gasteiger partial charge in [-0.1, -0.05) is 35.9 Å². The number of aromatic hydroxyl groups is 1. The number of benzene rings is 3. The Morgan fingerprint density at radius 2 is 1.85 bits per heavy atom. The predicted molar refractivity (Wildman–Crippen MR) is 155 cm³/mol. The van der Waals surface area contributed by atoms with Crippen molar-refractivity contribution in [1.82, 2.24) is 29.5 Å². The van der Waals surface area contributed by atoms with Crippen LogP contribution in [0.25, 0.3) is 28.1 Å². The quantitative estimate of drug-likeness (QED) is 0.310. The molecule has 0 fully saturated rings. The lowest BCUT2D eigenvalue weighted by Crippen LogP contribution is -2.41. The first-order valence-corrected chi connectivity index (χ1v) is 13.5. The van der Waals surface area contributed by atoms with Crippen molar-refractivity contribution in [2.75, 3.05) is 6.54 Å². The second-order valence-corrected chi connectivity index (χ2v) is 10.5. The first-order chi connectivity index (χ1) is 19.9. The third kappa shape index (κ3) is 4.05. The SMILES string of the molecule is Cc1cc2c(cc1C(=O)N1CCc3ccccc3C1c1ccncc1)[nH]c(=O)c1nnc(-c3ccc(O)c(Cl)c3)n12. The highest BCUT2D eigenvalue weighted by Gasteiger charge is 2.33. The van der Waals surface area contributed by atoms with Crippen LogP contribution in [0.15, 0.2) is 83.9 Å². The number of rotatable bonds is 3. The maximum Gasteiger partial charge on any atom is 0.294 e. The minimum absolute atomic E-state index is 0.0589. The van der Waals surface area contributed by atoms with Crippen molar-refractivity contribution < 1.29 is 9.90 Å². The first-order valence-electron chi connectivity index (χ1n) is 13.1. The van der Waals surface area contributed by atoms with Crippen LogP contribution in [-0.2, 0) is 6.42 Å². The Bertz CT molecular complexity index is 2050. The molecule has 6 aromatic rings. The molecule has 2 N–H and O–H groups in total. The molecule has 3 aromatic carbocycles. The highest BCUT2D eigenvalue weighted by atomic mass is 35.5. The van der Waals surface area contributed by atoms with Crippen molar-refractivity contribution in [3.8, 4) is 17.1 Å². The molecule has 1 amide bonds. The second kappa shape index (κ2) is 9.57. The summed E-state index contributed by atoms with van der Waals surface area (Å²) in [5, 5.41) is 18.4. The van der Waals surface area contributed by atoms with Crippen LogP contribution < -0.4 is 5.56 Å². The Balaban J connectivity index is 1.38. The predicted octanol–water partition coefficient (Wildman–Crippen LogP) is 5.09. The molecule has 7 rings (SSSR count). The van der Waals surface area contributed by atoms with Gasteiger partial charge >= 0.3 is 0 Å². The lowest BCUT2D eigenvalue weighted by molar-refractivity contribution is 0.0694. The number of pyridine rings is 1. The van der Waals surface area contributed by atoms with Crippen molar-refractivity contribution in [1.29, 1.82) is 0 Å². The van der Waals surface area contributed by atoms with Crippen molar-refractivity contribution in [2.45, 2.75) is 19.4 Å². The number of aryl methyl sites for hydroxylation is 1. The van der Waals surface area contributed by atoms with Gasteiger partial charge in [-0.25, -0.2) is 0 Å². The van der Waals surface area contributed by atoms with Crippen molar-refractivity contribution in [2.24, 2.45) is 0 Å². The van der Waals surface area contributed by atoms with E-state index in [0.717, 1.165) is 23.1 Å². The van der Waals surface area contributed by atoms with Gasteiger partial charge in [-0.3, -0.25) is 19.0 Å². The number of carbonyl (C=O) groups excluding carboxylic acids is 1. The van der Waals surface area contributed by atoms with Crippen LogP contribution in [0.5, 0.6) is 5.75 Å². The zero-order valence-corrected chi connectivity index (χ0v) is 22.6. The van der Waals surface area contributed by atoms with Gasteiger partial charge in [0, 0.05) is 30.1 Å². The van der Waals surface area contributed by atoms with Gasteiger partial charge in [0.2, 0.25) is 5.65 Å². The molecular weight excluding hydrogens is 540 g/mol. The summed E-state index contributed by atoms with van der Waals surface area (Å²) in [5.41, 5.74) is 5.88. The number of nitrogens with one attached hydrogen (secondary N) is 1. The summed E-state index contributed by atoms with van der Waals surface area (Å²) in [5.74, 6) is 0.203. The lowest BCUT2D eigenvalue weighted by Gasteiger charge is -2.38. The Morgan fingerprint density at radius 1 is 1.05 bits per heavy atom. The summed E-state index contributed by atoms with van der Waals surface area (Å²) in [6.07, 6.45) is 4.22. The summed E-state index contributed by atoms with van der Waals surface area (Å²) < 4.78 is 1.65. The largest absolute Gasteiger partial charge is 0.506 e. The van der Waals surface area contributed by atoms with E-state index in [4.69, 9.17) is 11.6 Å². The minimum Gasteiger partial charge on any atom is -0.506 e. The Labute approximate surface area is 238 Å². The minimum atomic E-state index is -0.440. The average Bonchev–Trinajstić information content (AvgIpc) is 3.44. The van der Waals surface area contributed by atoms with E-state index >= 15 is 0 Å². The summed E-state index contributed by atoms with van der Waals surface area (Å²) in [6, 6.07) is 20.1. The summed E-state index contributed by atoms with van der Waals surface area (Å²) in [4.78, 5) is 36.3. The van der Waals surface area contributed by atoms with Crippen LogP contribution in [0, 0.1) is 6.92 Å². The number of amides is 1. The molecule has 0 aliphatic carbocycles. The third-order valence-corrected chi connectivity index (χ3v) is 8.00. The van der Waals surface area contributed by atoms with Crippen molar-refractivity contribution in [3.05, 3.63) is 122 Å². The van der Waals surface area contributed by atoms with E-state index in [1.54, 1.807) is 35.0 Å². The molecular formula is C31H23ClN6O3. The van der Waals surface area contributed by atoms with Crippen LogP contribution in [-0.4, -0.2) is 47.0 Å². The molecule has 41 heavy (non-hydrogen) atoms. The highest BCUT2D eigenvalue weighted by Crippen LogP contribution is 2.37. The molecule has 0 saturated carbocycles. The number of H-pyrrole nitrogens is 1. The highest BCUT2D eigenvalue weighted by molar-refractivity contribution is 6.32. The number of nitrogens with zero attached hydrogens (tertiary/aromatic N) is 5. The van der Waals surface area contributed by atoms with Crippen molar-refractivity contribution in [3.63, 3.8) is 0 Å². The molecule has 4 heterocycles. The molecule has 3 aromatic heterocycles. The normalized spacial score (nSPS) is 14.9. The molecule has 0 bridgehead atoms. The molecule has 0 saturated heterocycles. The van der Waals surface area contributed by atoms with Gasteiger partial charge in [0.25, 0.3) is 11.5 Å². The topological polar surface area (TPSA) is 116 Å². The molecule has 0 spiro atoms. The number of carbonyl (C=O) groups is 1. The maximum absolute atomic E-state index is 14.3. The number of halogens is 1. The molecule has 1 aliphatic heterocycles.